The number of nitrogens with one attached hydrogen (secondary N) is 1. The third kappa shape index (κ3) is 3.13. The first kappa shape index (κ1) is 14.6. The zero-order chi connectivity index (χ0) is 15.7. The van der Waals surface area contributed by atoms with Gasteiger partial charge in [-0.3, -0.25) is 4.40 Å². The average molecular weight is 303 g/mol. The lowest BCUT2D eigenvalue weighted by molar-refractivity contribution is 0.0509. The fourth-order valence-corrected chi connectivity index (χ4v) is 2.58. The van der Waals surface area contributed by atoms with Gasteiger partial charge in [-0.2, -0.15) is 0 Å². The molecule has 22 heavy (non-hydrogen) atoms. The highest BCUT2D eigenvalue weighted by Crippen LogP contribution is 2.19. The molecule has 1 aliphatic heterocycles. The van der Waals surface area contributed by atoms with Gasteiger partial charge in [0, 0.05) is 19.3 Å². The van der Waals surface area contributed by atoms with E-state index < -0.39 is 5.60 Å². The van der Waals surface area contributed by atoms with E-state index >= 15 is 0 Å². The Balaban J connectivity index is 1.64. The number of amides is 1. The van der Waals surface area contributed by atoms with Crippen molar-refractivity contribution in [3.63, 3.8) is 0 Å². The molecule has 0 spiro atoms. The molecule has 3 rings (SSSR count). The second-order valence-corrected chi connectivity index (χ2v) is 6.51. The van der Waals surface area contributed by atoms with Gasteiger partial charge in [-0.15, -0.1) is 10.2 Å². The molecule has 1 amide bonds. The molecule has 7 nitrogen and oxygen atoms in total. The number of hydrogen-bond donors (Lipinski definition) is 1. The molecule has 1 aliphatic rings. The summed E-state index contributed by atoms with van der Waals surface area (Å²) >= 11 is 0. The second kappa shape index (κ2) is 5.47. The molecule has 2 aromatic rings. The Morgan fingerprint density at radius 2 is 2.18 bits per heavy atom. The minimum Gasteiger partial charge on any atom is -0.444 e. The van der Waals surface area contributed by atoms with Crippen molar-refractivity contribution in [3.05, 3.63) is 24.4 Å². The zero-order valence-corrected chi connectivity index (χ0v) is 13.1. The highest BCUT2D eigenvalue weighted by molar-refractivity contribution is 5.68. The molecule has 1 N–H and O–H groups in total. The van der Waals surface area contributed by atoms with Crippen LogP contribution in [-0.4, -0.2) is 45.4 Å². The molecule has 1 atom stereocenters. The van der Waals surface area contributed by atoms with E-state index in [0.717, 1.165) is 24.6 Å². The monoisotopic (exact) mass is 303 g/mol. The van der Waals surface area contributed by atoms with Crippen LogP contribution < -0.4 is 10.2 Å². The first-order valence-corrected chi connectivity index (χ1v) is 7.46. The quantitative estimate of drug-likeness (QED) is 0.916. The smallest absolute Gasteiger partial charge is 0.407 e. The van der Waals surface area contributed by atoms with Crippen LogP contribution in [0.15, 0.2) is 24.4 Å². The summed E-state index contributed by atoms with van der Waals surface area (Å²) < 4.78 is 7.25. The van der Waals surface area contributed by atoms with E-state index in [1.54, 1.807) is 0 Å². The van der Waals surface area contributed by atoms with Gasteiger partial charge in [0.1, 0.15) is 5.60 Å². The first-order chi connectivity index (χ1) is 10.4. The summed E-state index contributed by atoms with van der Waals surface area (Å²) in [6.45, 7) is 7.10. The van der Waals surface area contributed by atoms with Gasteiger partial charge < -0.3 is 15.0 Å². The molecule has 3 heterocycles. The van der Waals surface area contributed by atoms with Gasteiger partial charge in [0.25, 0.3) is 0 Å². The van der Waals surface area contributed by atoms with Crippen LogP contribution in [-0.2, 0) is 4.74 Å². The average Bonchev–Trinajstić information content (AvgIpc) is 3.02. The van der Waals surface area contributed by atoms with Crippen molar-refractivity contribution in [1.82, 2.24) is 19.9 Å². The molecule has 0 aromatic carbocycles. The van der Waals surface area contributed by atoms with Crippen molar-refractivity contribution < 1.29 is 9.53 Å². The number of alkyl carbamates (subject to hydrolysis) is 1. The summed E-state index contributed by atoms with van der Waals surface area (Å²) in [6, 6.07) is 5.87. The van der Waals surface area contributed by atoms with Crippen molar-refractivity contribution in [2.24, 2.45) is 0 Å². The lowest BCUT2D eigenvalue weighted by Gasteiger charge is -2.22. The second-order valence-electron chi connectivity index (χ2n) is 6.51. The third-order valence-electron chi connectivity index (χ3n) is 3.49. The number of nitrogens with zero attached hydrogens (tertiary/aromatic N) is 4. The van der Waals surface area contributed by atoms with E-state index in [1.807, 2.05) is 49.6 Å². The van der Waals surface area contributed by atoms with Gasteiger partial charge in [-0.25, -0.2) is 4.79 Å². The van der Waals surface area contributed by atoms with E-state index in [2.05, 4.69) is 20.4 Å². The molecular formula is C15H21N5O2. The fourth-order valence-electron chi connectivity index (χ4n) is 2.58. The highest BCUT2D eigenvalue weighted by atomic mass is 16.6. The zero-order valence-electron chi connectivity index (χ0n) is 13.1. The Kier molecular flexibility index (Phi) is 3.64. The van der Waals surface area contributed by atoms with Gasteiger partial charge in [0.15, 0.2) is 5.65 Å². The summed E-state index contributed by atoms with van der Waals surface area (Å²) in [6.07, 6.45) is 2.44. The number of rotatable bonds is 2. The molecule has 1 fully saturated rings. The Morgan fingerprint density at radius 3 is 2.95 bits per heavy atom. The van der Waals surface area contributed by atoms with Crippen molar-refractivity contribution >= 4 is 17.7 Å². The molecular weight excluding hydrogens is 282 g/mol. The van der Waals surface area contributed by atoms with Crippen molar-refractivity contribution in [3.8, 4) is 0 Å². The molecule has 0 bridgehead atoms. The van der Waals surface area contributed by atoms with Crippen LogP contribution in [0.2, 0.25) is 0 Å². The number of carbonyl (C=O) groups excluding carboxylic acids is 1. The number of aromatic nitrogens is 3. The van der Waals surface area contributed by atoms with Crippen LogP contribution in [0.3, 0.4) is 0 Å². The summed E-state index contributed by atoms with van der Waals surface area (Å²) in [4.78, 5) is 14.0. The maximum absolute atomic E-state index is 11.8. The number of fused-ring (bicyclic) bond motifs is 1. The van der Waals surface area contributed by atoms with Crippen molar-refractivity contribution in [2.45, 2.75) is 38.8 Å². The molecule has 0 unspecified atom stereocenters. The Morgan fingerprint density at radius 1 is 1.36 bits per heavy atom. The Labute approximate surface area is 129 Å². The van der Waals surface area contributed by atoms with E-state index in [0.29, 0.717) is 6.54 Å². The third-order valence-corrected chi connectivity index (χ3v) is 3.49. The SMILES string of the molecule is CC(C)(C)OC(=O)N[C@@H]1CCN(c2nnc3ccccn23)C1. The largest absolute Gasteiger partial charge is 0.444 e. The number of ether oxygens (including phenoxy) is 1. The predicted octanol–water partition coefficient (Wildman–Crippen LogP) is 1.83. The lowest BCUT2D eigenvalue weighted by atomic mass is 10.2. The summed E-state index contributed by atoms with van der Waals surface area (Å²) in [7, 11) is 0. The predicted molar refractivity (Wildman–Crippen MR) is 83.0 cm³/mol. The molecule has 0 radical (unpaired) electrons. The standard InChI is InChI=1S/C15H21N5O2/c1-15(2,3)22-14(21)16-11-7-9-19(10-11)13-18-17-12-6-4-5-8-20(12)13/h4-6,8,11H,7,9-10H2,1-3H3,(H,16,21)/t11-/m1/s1. The number of hydrogen-bond acceptors (Lipinski definition) is 5. The number of carbonyl (C=O) groups is 1. The van der Waals surface area contributed by atoms with Gasteiger partial charge >= 0.3 is 6.09 Å². The highest BCUT2D eigenvalue weighted by Gasteiger charge is 2.28. The van der Waals surface area contributed by atoms with Crippen LogP contribution in [0.25, 0.3) is 5.65 Å². The van der Waals surface area contributed by atoms with E-state index in [1.165, 1.54) is 0 Å². The van der Waals surface area contributed by atoms with Crippen LogP contribution >= 0.6 is 0 Å². The normalized spacial score (nSPS) is 18.7. The lowest BCUT2D eigenvalue weighted by Crippen LogP contribution is -2.40. The minimum absolute atomic E-state index is 0.0610. The summed E-state index contributed by atoms with van der Waals surface area (Å²) in [5.41, 5.74) is 0.340. The molecule has 1 saturated heterocycles. The Hall–Kier alpha value is -2.31. The van der Waals surface area contributed by atoms with Gasteiger partial charge in [0.2, 0.25) is 5.95 Å². The topological polar surface area (TPSA) is 71.8 Å². The maximum Gasteiger partial charge on any atom is 0.407 e. The molecule has 2 aromatic heterocycles. The molecule has 7 heteroatoms. The van der Waals surface area contributed by atoms with Crippen molar-refractivity contribution in [1.29, 1.82) is 0 Å². The van der Waals surface area contributed by atoms with Crippen LogP contribution in [0, 0.1) is 0 Å². The van der Waals surface area contributed by atoms with Crippen LogP contribution in [0.4, 0.5) is 10.7 Å². The molecule has 0 aliphatic carbocycles. The van der Waals surface area contributed by atoms with Crippen LogP contribution in [0.5, 0.6) is 0 Å². The van der Waals surface area contributed by atoms with E-state index in [9.17, 15) is 4.79 Å². The van der Waals surface area contributed by atoms with Crippen LogP contribution in [0.1, 0.15) is 27.2 Å². The van der Waals surface area contributed by atoms with Gasteiger partial charge in [-0.05, 0) is 39.3 Å². The Bertz CT molecular complexity index is 676. The first-order valence-electron chi connectivity index (χ1n) is 7.46. The van der Waals surface area contributed by atoms with Crippen molar-refractivity contribution in [2.75, 3.05) is 18.0 Å². The van der Waals surface area contributed by atoms with E-state index in [-0.39, 0.29) is 12.1 Å². The summed E-state index contributed by atoms with van der Waals surface area (Å²) in [5, 5.41) is 11.3. The number of pyridine rings is 1. The number of anilines is 1. The molecule has 118 valence electrons. The summed E-state index contributed by atoms with van der Waals surface area (Å²) in [5.74, 6) is 0.809. The fraction of sp³-hybridized carbons (Fsp3) is 0.533. The minimum atomic E-state index is -0.481. The van der Waals surface area contributed by atoms with E-state index in [4.69, 9.17) is 4.74 Å². The van der Waals surface area contributed by atoms with Gasteiger partial charge in [0.05, 0.1) is 6.04 Å². The van der Waals surface area contributed by atoms with Gasteiger partial charge in [-0.1, -0.05) is 6.07 Å². The molecule has 0 saturated carbocycles. The maximum atomic E-state index is 11.8.